The molecule has 3 heterocycles. The van der Waals surface area contributed by atoms with Crippen LogP contribution in [0.15, 0.2) is 68.5 Å². The van der Waals surface area contributed by atoms with Crippen LogP contribution in [0.2, 0.25) is 5.02 Å². The molecule has 0 aliphatic carbocycles. The first-order chi connectivity index (χ1) is 12.2. The number of halogens is 1. The Hall–Kier alpha value is -2.02. The van der Waals surface area contributed by atoms with E-state index in [1.807, 2.05) is 47.8 Å². The lowest BCUT2D eigenvalue weighted by Gasteiger charge is -2.11. The highest BCUT2D eigenvalue weighted by Crippen LogP contribution is 2.25. The number of aromatic nitrogens is 2. The summed E-state index contributed by atoms with van der Waals surface area (Å²) in [7, 11) is 0. The number of nitrogens with zero attached hydrogens (tertiary/aromatic N) is 2. The topological polar surface area (TPSA) is 48.0 Å². The maximum Gasteiger partial charge on any atom is 0.272 e. The van der Waals surface area contributed by atoms with Gasteiger partial charge in [-0.1, -0.05) is 35.5 Å². The zero-order valence-electron chi connectivity index (χ0n) is 13.0. The molecule has 4 rings (SSSR count). The first-order valence-corrected chi connectivity index (χ1v) is 9.83. The molecule has 0 aliphatic rings. The number of hydrogen-bond donors (Lipinski definition) is 0. The molecule has 0 radical (unpaired) electrons. The van der Waals surface area contributed by atoms with Crippen LogP contribution in [-0.2, 0) is 12.3 Å². The fourth-order valence-corrected chi connectivity index (χ4v) is 4.32. The standard InChI is InChI=1S/C18H13ClN2O2S2/c19-13-5-3-12(4-6-13)11-25-18-20-15-7-9-24-16(15)17(22)21(18)10-14-2-1-8-23-14/h1-9H,10-11H2. The van der Waals surface area contributed by atoms with Crippen molar-refractivity contribution < 1.29 is 4.42 Å². The van der Waals surface area contributed by atoms with Crippen molar-refractivity contribution in [2.45, 2.75) is 17.5 Å². The Bertz CT molecular complexity index is 1050. The lowest BCUT2D eigenvalue weighted by Crippen LogP contribution is -2.23. The van der Waals surface area contributed by atoms with Crippen molar-refractivity contribution in [1.29, 1.82) is 0 Å². The van der Waals surface area contributed by atoms with E-state index in [2.05, 4.69) is 4.98 Å². The number of fused-ring (bicyclic) bond motifs is 1. The summed E-state index contributed by atoms with van der Waals surface area (Å²) >= 11 is 8.88. The van der Waals surface area contributed by atoms with Crippen LogP contribution < -0.4 is 5.56 Å². The van der Waals surface area contributed by atoms with Crippen molar-refractivity contribution >= 4 is 44.9 Å². The van der Waals surface area contributed by atoms with E-state index in [1.165, 1.54) is 23.1 Å². The molecule has 0 atom stereocenters. The van der Waals surface area contributed by atoms with Gasteiger partial charge in [0, 0.05) is 10.8 Å². The summed E-state index contributed by atoms with van der Waals surface area (Å²) in [6.45, 7) is 0.371. The smallest absolute Gasteiger partial charge is 0.272 e. The van der Waals surface area contributed by atoms with Crippen LogP contribution >= 0.6 is 34.7 Å². The van der Waals surface area contributed by atoms with Crippen molar-refractivity contribution in [3.8, 4) is 0 Å². The molecular weight excluding hydrogens is 376 g/mol. The maximum atomic E-state index is 12.9. The normalized spacial score (nSPS) is 11.2. The predicted molar refractivity (Wildman–Crippen MR) is 103 cm³/mol. The van der Waals surface area contributed by atoms with Crippen LogP contribution in [0.4, 0.5) is 0 Å². The van der Waals surface area contributed by atoms with E-state index in [-0.39, 0.29) is 5.56 Å². The number of benzene rings is 1. The van der Waals surface area contributed by atoms with E-state index in [0.29, 0.717) is 27.2 Å². The second-order valence-electron chi connectivity index (χ2n) is 5.42. The second-order valence-corrected chi connectivity index (χ2v) is 7.71. The molecule has 0 aliphatic heterocycles. The molecule has 0 saturated carbocycles. The van der Waals surface area contributed by atoms with E-state index in [4.69, 9.17) is 16.0 Å². The first-order valence-electron chi connectivity index (χ1n) is 7.58. The summed E-state index contributed by atoms with van der Waals surface area (Å²) < 4.78 is 7.76. The van der Waals surface area contributed by atoms with Gasteiger partial charge in [-0.2, -0.15) is 0 Å². The Morgan fingerprint density at radius 2 is 2.04 bits per heavy atom. The number of thiophene rings is 1. The highest BCUT2D eigenvalue weighted by molar-refractivity contribution is 7.98. The quantitative estimate of drug-likeness (QED) is 0.355. The van der Waals surface area contributed by atoms with E-state index in [0.717, 1.165) is 16.8 Å². The van der Waals surface area contributed by atoms with Crippen molar-refractivity contribution in [3.05, 3.63) is 80.8 Å². The lowest BCUT2D eigenvalue weighted by molar-refractivity contribution is 0.477. The van der Waals surface area contributed by atoms with E-state index < -0.39 is 0 Å². The Morgan fingerprint density at radius 3 is 2.80 bits per heavy atom. The van der Waals surface area contributed by atoms with E-state index in [1.54, 1.807) is 10.8 Å². The first kappa shape index (κ1) is 16.4. The molecule has 0 amide bonds. The van der Waals surface area contributed by atoms with Crippen LogP contribution in [0.25, 0.3) is 10.2 Å². The SMILES string of the molecule is O=c1c2sccc2nc(SCc2ccc(Cl)cc2)n1Cc1ccco1. The van der Waals surface area contributed by atoms with E-state index >= 15 is 0 Å². The third-order valence-electron chi connectivity index (χ3n) is 3.71. The minimum Gasteiger partial charge on any atom is -0.467 e. The van der Waals surface area contributed by atoms with Gasteiger partial charge in [0.1, 0.15) is 10.5 Å². The molecule has 1 aromatic carbocycles. The number of furan rings is 1. The number of rotatable bonds is 5. The summed E-state index contributed by atoms with van der Waals surface area (Å²) in [6.07, 6.45) is 1.61. The minimum atomic E-state index is -0.0324. The Kier molecular flexibility index (Phi) is 4.65. The molecule has 0 saturated heterocycles. The minimum absolute atomic E-state index is 0.0324. The summed E-state index contributed by atoms with van der Waals surface area (Å²) in [6, 6.07) is 13.2. The molecule has 0 N–H and O–H groups in total. The van der Waals surface area contributed by atoms with Gasteiger partial charge >= 0.3 is 0 Å². The maximum absolute atomic E-state index is 12.9. The van der Waals surface area contributed by atoms with Crippen molar-refractivity contribution in [2.75, 3.05) is 0 Å². The van der Waals surface area contributed by atoms with Crippen molar-refractivity contribution in [3.63, 3.8) is 0 Å². The molecular formula is C18H13ClN2O2S2. The molecule has 0 bridgehead atoms. The lowest BCUT2D eigenvalue weighted by atomic mass is 10.2. The van der Waals surface area contributed by atoms with Crippen LogP contribution in [-0.4, -0.2) is 9.55 Å². The summed E-state index contributed by atoms with van der Waals surface area (Å²) in [5, 5.41) is 3.28. The monoisotopic (exact) mass is 388 g/mol. The van der Waals surface area contributed by atoms with Crippen LogP contribution in [0, 0.1) is 0 Å². The Labute approximate surface area is 157 Å². The van der Waals surface area contributed by atoms with Gasteiger partial charge in [-0.3, -0.25) is 9.36 Å². The van der Waals surface area contributed by atoms with Gasteiger partial charge in [0.05, 0.1) is 18.3 Å². The summed E-state index contributed by atoms with van der Waals surface area (Å²) in [5.74, 6) is 1.44. The van der Waals surface area contributed by atoms with Gasteiger partial charge in [0.25, 0.3) is 5.56 Å². The highest BCUT2D eigenvalue weighted by Gasteiger charge is 2.14. The van der Waals surface area contributed by atoms with Gasteiger partial charge in [0.2, 0.25) is 0 Å². The molecule has 0 unspecified atom stereocenters. The molecule has 4 aromatic rings. The van der Waals surface area contributed by atoms with Gasteiger partial charge in [-0.15, -0.1) is 11.3 Å². The average Bonchev–Trinajstić information content (AvgIpc) is 3.29. The molecule has 3 aromatic heterocycles. The molecule has 126 valence electrons. The van der Waals surface area contributed by atoms with Gasteiger partial charge in [-0.05, 0) is 41.3 Å². The fourth-order valence-electron chi connectivity index (χ4n) is 2.46. The van der Waals surface area contributed by atoms with Gasteiger partial charge in [-0.25, -0.2) is 4.98 Å². The molecule has 4 nitrogen and oxygen atoms in total. The zero-order chi connectivity index (χ0) is 17.2. The fraction of sp³-hybridized carbons (Fsp3) is 0.111. The van der Waals surface area contributed by atoms with Crippen LogP contribution in [0.1, 0.15) is 11.3 Å². The summed E-state index contributed by atoms with van der Waals surface area (Å²) in [5.41, 5.74) is 1.83. The van der Waals surface area contributed by atoms with Crippen molar-refractivity contribution in [1.82, 2.24) is 9.55 Å². The third-order valence-corrected chi connectivity index (χ3v) is 5.90. The molecule has 0 spiro atoms. The van der Waals surface area contributed by atoms with Gasteiger partial charge in [0.15, 0.2) is 5.16 Å². The van der Waals surface area contributed by atoms with Crippen LogP contribution in [0.3, 0.4) is 0 Å². The molecule has 7 heteroatoms. The largest absolute Gasteiger partial charge is 0.467 e. The third kappa shape index (κ3) is 3.51. The Morgan fingerprint density at radius 1 is 1.20 bits per heavy atom. The number of thioether (sulfide) groups is 1. The predicted octanol–water partition coefficient (Wildman–Crippen LogP) is 5.05. The molecule has 0 fully saturated rings. The number of hydrogen-bond acceptors (Lipinski definition) is 5. The highest BCUT2D eigenvalue weighted by atomic mass is 35.5. The van der Waals surface area contributed by atoms with Crippen molar-refractivity contribution in [2.24, 2.45) is 0 Å². The average molecular weight is 389 g/mol. The summed E-state index contributed by atoms with van der Waals surface area (Å²) in [4.78, 5) is 17.5. The Balaban J connectivity index is 1.70. The zero-order valence-corrected chi connectivity index (χ0v) is 15.4. The van der Waals surface area contributed by atoms with E-state index in [9.17, 15) is 4.79 Å². The second kappa shape index (κ2) is 7.07. The van der Waals surface area contributed by atoms with Gasteiger partial charge < -0.3 is 4.42 Å². The molecule has 25 heavy (non-hydrogen) atoms. The van der Waals surface area contributed by atoms with Crippen LogP contribution in [0.5, 0.6) is 0 Å².